The van der Waals surface area contributed by atoms with Crippen molar-refractivity contribution in [2.24, 2.45) is 11.8 Å². The number of ketones is 1. The van der Waals surface area contributed by atoms with Crippen LogP contribution in [0.15, 0.2) is 42.5 Å². The molecule has 1 aliphatic rings. The van der Waals surface area contributed by atoms with Gasteiger partial charge in [0.2, 0.25) is 5.95 Å². The number of rotatable bonds is 12. The Morgan fingerprint density at radius 3 is 2.15 bits per heavy atom. The number of hydrogen-bond donors (Lipinski definition) is 1. The van der Waals surface area contributed by atoms with Gasteiger partial charge >= 0.3 is 0 Å². The first-order valence-corrected chi connectivity index (χ1v) is 14.6. The Morgan fingerprint density at radius 2 is 1.54 bits per heavy atom. The third-order valence-electron chi connectivity index (χ3n) is 7.31. The van der Waals surface area contributed by atoms with Gasteiger partial charge in [-0.3, -0.25) is 9.59 Å². The van der Waals surface area contributed by atoms with Crippen LogP contribution in [0.5, 0.6) is 0 Å². The number of nitrogens with zero attached hydrogens (tertiary/aromatic N) is 4. The lowest BCUT2D eigenvalue weighted by atomic mass is 10.1. The number of aromatic nitrogens is 2. The molecule has 0 saturated carbocycles. The third kappa shape index (κ3) is 7.69. The van der Waals surface area contributed by atoms with Crippen LogP contribution < -0.4 is 5.32 Å². The number of fused-ring (bicyclic) bond motifs is 1. The summed E-state index contributed by atoms with van der Waals surface area (Å²) in [7, 11) is 0. The number of piperidine rings is 1. The van der Waals surface area contributed by atoms with E-state index < -0.39 is 0 Å². The molecule has 210 valence electrons. The number of imidazole rings is 1. The maximum absolute atomic E-state index is 13.6. The SMILES string of the molecule is CC(=O)c1ccc(Nc2nc3ccc(C(=O)N(CC(C)C)CC(C)C)cc3n2CCCN2CCCCC2)cc1. The second kappa shape index (κ2) is 13.2. The van der Waals surface area contributed by atoms with Gasteiger partial charge in [-0.1, -0.05) is 34.1 Å². The molecule has 2 aromatic carbocycles. The van der Waals surface area contributed by atoms with E-state index in [9.17, 15) is 9.59 Å². The van der Waals surface area contributed by atoms with Gasteiger partial charge < -0.3 is 19.7 Å². The summed E-state index contributed by atoms with van der Waals surface area (Å²) in [6.45, 7) is 15.9. The molecule has 1 aromatic heterocycles. The fourth-order valence-electron chi connectivity index (χ4n) is 5.43. The van der Waals surface area contributed by atoms with Gasteiger partial charge in [-0.2, -0.15) is 0 Å². The van der Waals surface area contributed by atoms with Crippen molar-refractivity contribution >= 4 is 34.4 Å². The molecule has 0 radical (unpaired) electrons. The Kier molecular flexibility index (Phi) is 9.78. The lowest BCUT2D eigenvalue weighted by Gasteiger charge is -2.27. The van der Waals surface area contributed by atoms with Gasteiger partial charge in [0.15, 0.2) is 5.78 Å². The minimum atomic E-state index is 0.0488. The predicted octanol–water partition coefficient (Wildman–Crippen LogP) is 6.61. The molecule has 1 saturated heterocycles. The molecule has 39 heavy (non-hydrogen) atoms. The molecule has 0 bridgehead atoms. The van der Waals surface area contributed by atoms with Crippen LogP contribution in [-0.2, 0) is 6.54 Å². The monoisotopic (exact) mass is 531 g/mol. The van der Waals surface area contributed by atoms with E-state index in [1.54, 1.807) is 6.92 Å². The molecule has 0 aliphatic carbocycles. The van der Waals surface area contributed by atoms with E-state index in [1.165, 1.54) is 32.4 Å². The number of benzene rings is 2. The quantitative estimate of drug-likeness (QED) is 0.266. The summed E-state index contributed by atoms with van der Waals surface area (Å²) in [6, 6.07) is 13.4. The summed E-state index contributed by atoms with van der Waals surface area (Å²) in [5.41, 5.74) is 4.11. The number of Topliss-reactive ketones (excluding diaryl/α,β-unsaturated/α-hetero) is 1. The van der Waals surface area contributed by atoms with E-state index in [-0.39, 0.29) is 11.7 Å². The lowest BCUT2D eigenvalue weighted by molar-refractivity contribution is 0.0715. The highest BCUT2D eigenvalue weighted by Gasteiger charge is 2.20. The van der Waals surface area contributed by atoms with E-state index in [0.29, 0.717) is 23.0 Å². The summed E-state index contributed by atoms with van der Waals surface area (Å²) in [6.07, 6.45) is 4.91. The third-order valence-corrected chi connectivity index (χ3v) is 7.31. The van der Waals surface area contributed by atoms with Crippen molar-refractivity contribution < 1.29 is 9.59 Å². The molecule has 1 fully saturated rings. The topological polar surface area (TPSA) is 70.5 Å². The molecule has 0 atom stereocenters. The molecule has 7 nitrogen and oxygen atoms in total. The van der Waals surface area contributed by atoms with Gasteiger partial charge in [0.1, 0.15) is 0 Å². The Morgan fingerprint density at radius 1 is 0.897 bits per heavy atom. The number of likely N-dealkylation sites (tertiary alicyclic amines) is 1. The number of anilines is 2. The predicted molar refractivity (Wildman–Crippen MR) is 160 cm³/mol. The van der Waals surface area contributed by atoms with Gasteiger partial charge in [-0.25, -0.2) is 4.98 Å². The van der Waals surface area contributed by atoms with E-state index in [0.717, 1.165) is 55.3 Å². The van der Waals surface area contributed by atoms with Crippen molar-refractivity contribution in [1.82, 2.24) is 19.4 Å². The highest BCUT2D eigenvalue weighted by atomic mass is 16.2. The van der Waals surface area contributed by atoms with Crippen LogP contribution in [0.3, 0.4) is 0 Å². The smallest absolute Gasteiger partial charge is 0.253 e. The number of nitrogens with one attached hydrogen (secondary N) is 1. The van der Waals surface area contributed by atoms with E-state index >= 15 is 0 Å². The Labute approximate surface area is 233 Å². The van der Waals surface area contributed by atoms with E-state index in [1.807, 2.05) is 47.4 Å². The number of amides is 1. The zero-order chi connectivity index (χ0) is 27.9. The second-order valence-electron chi connectivity index (χ2n) is 11.8. The van der Waals surface area contributed by atoms with Gasteiger partial charge in [-0.15, -0.1) is 0 Å². The molecule has 1 N–H and O–H groups in total. The maximum Gasteiger partial charge on any atom is 0.253 e. The highest BCUT2D eigenvalue weighted by molar-refractivity contribution is 5.98. The molecule has 4 rings (SSSR count). The largest absolute Gasteiger partial charge is 0.338 e. The standard InChI is InChI=1S/C32H45N5O2/c1-23(2)21-36(22-24(3)4)31(39)27-12-15-29-30(20-27)37(19-9-18-35-16-7-6-8-17-35)32(34-29)33-28-13-10-26(11-14-28)25(5)38/h10-15,20,23-24H,6-9,16-19,21-22H2,1-5H3,(H,33,34). The number of carbonyl (C=O) groups is 2. The molecule has 7 heteroatoms. The summed E-state index contributed by atoms with van der Waals surface area (Å²) >= 11 is 0. The van der Waals surface area contributed by atoms with Crippen molar-refractivity contribution in [2.45, 2.75) is 66.8 Å². The normalized spacial score (nSPS) is 14.3. The van der Waals surface area contributed by atoms with Crippen molar-refractivity contribution in [3.63, 3.8) is 0 Å². The summed E-state index contributed by atoms with van der Waals surface area (Å²) in [5, 5.41) is 3.47. The Bertz CT molecular complexity index is 1250. The maximum atomic E-state index is 13.6. The Balaban J connectivity index is 1.63. The van der Waals surface area contributed by atoms with Crippen LogP contribution in [0, 0.1) is 11.8 Å². The van der Waals surface area contributed by atoms with Crippen LogP contribution >= 0.6 is 0 Å². The number of carbonyl (C=O) groups excluding carboxylic acids is 2. The number of hydrogen-bond acceptors (Lipinski definition) is 5. The average molecular weight is 532 g/mol. The lowest BCUT2D eigenvalue weighted by Crippen LogP contribution is -2.37. The first-order chi connectivity index (χ1) is 18.7. The molecular formula is C32H45N5O2. The molecule has 1 amide bonds. The van der Waals surface area contributed by atoms with Crippen LogP contribution in [0.25, 0.3) is 11.0 Å². The molecule has 2 heterocycles. The van der Waals surface area contributed by atoms with Crippen molar-refractivity contribution in [2.75, 3.05) is 38.0 Å². The van der Waals surface area contributed by atoms with Gasteiger partial charge in [0, 0.05) is 36.4 Å². The molecule has 3 aromatic rings. The van der Waals surface area contributed by atoms with Crippen molar-refractivity contribution in [3.05, 3.63) is 53.6 Å². The van der Waals surface area contributed by atoms with Crippen LogP contribution in [0.2, 0.25) is 0 Å². The minimum absolute atomic E-state index is 0.0488. The van der Waals surface area contributed by atoms with Gasteiger partial charge in [-0.05, 0) is 100 Å². The van der Waals surface area contributed by atoms with Gasteiger partial charge in [0.25, 0.3) is 5.91 Å². The fraction of sp³-hybridized carbons (Fsp3) is 0.531. The molecular weight excluding hydrogens is 486 g/mol. The average Bonchev–Trinajstić information content (AvgIpc) is 3.24. The van der Waals surface area contributed by atoms with E-state index in [4.69, 9.17) is 4.98 Å². The van der Waals surface area contributed by atoms with Crippen molar-refractivity contribution in [3.8, 4) is 0 Å². The fourth-order valence-corrected chi connectivity index (χ4v) is 5.43. The van der Waals surface area contributed by atoms with E-state index in [2.05, 4.69) is 42.5 Å². The summed E-state index contributed by atoms with van der Waals surface area (Å²) in [5.74, 6) is 1.69. The van der Waals surface area contributed by atoms with Crippen LogP contribution in [-0.4, -0.2) is 63.8 Å². The van der Waals surface area contributed by atoms with Crippen molar-refractivity contribution in [1.29, 1.82) is 0 Å². The highest BCUT2D eigenvalue weighted by Crippen LogP contribution is 2.26. The zero-order valence-corrected chi connectivity index (χ0v) is 24.4. The van der Waals surface area contributed by atoms with Crippen LogP contribution in [0.4, 0.5) is 11.6 Å². The first-order valence-electron chi connectivity index (χ1n) is 14.6. The van der Waals surface area contributed by atoms with Gasteiger partial charge in [0.05, 0.1) is 11.0 Å². The van der Waals surface area contributed by atoms with Crippen LogP contribution in [0.1, 0.15) is 81.0 Å². The second-order valence-corrected chi connectivity index (χ2v) is 11.8. The number of aryl methyl sites for hydroxylation is 1. The molecule has 0 spiro atoms. The first kappa shape index (κ1) is 28.8. The summed E-state index contributed by atoms with van der Waals surface area (Å²) < 4.78 is 2.21. The zero-order valence-electron chi connectivity index (χ0n) is 24.4. The summed E-state index contributed by atoms with van der Waals surface area (Å²) in [4.78, 5) is 34.8. The molecule has 0 unspecified atom stereocenters. The minimum Gasteiger partial charge on any atom is -0.338 e. The Hall–Kier alpha value is -3.19. The molecule has 1 aliphatic heterocycles.